The van der Waals surface area contributed by atoms with Gasteiger partial charge in [-0.2, -0.15) is 0 Å². The molecule has 142 valence electrons. The van der Waals surface area contributed by atoms with Crippen LogP contribution in [0.25, 0.3) is 0 Å². The van der Waals surface area contributed by atoms with Crippen molar-refractivity contribution in [1.29, 1.82) is 0 Å². The van der Waals surface area contributed by atoms with E-state index in [0.29, 0.717) is 6.61 Å². The third kappa shape index (κ3) is 5.05. The number of rotatable bonds is 6. The largest absolute Gasteiger partial charge is 0.373 e. The van der Waals surface area contributed by atoms with Gasteiger partial charge in [0.1, 0.15) is 0 Å². The van der Waals surface area contributed by atoms with E-state index in [1.54, 1.807) is 0 Å². The van der Waals surface area contributed by atoms with Gasteiger partial charge in [0.25, 0.3) is 0 Å². The summed E-state index contributed by atoms with van der Waals surface area (Å²) < 4.78 is 5.99. The lowest BCUT2D eigenvalue weighted by atomic mass is 9.88. The number of carbonyl (C=O) groups is 2. The van der Waals surface area contributed by atoms with E-state index in [2.05, 4.69) is 22.9 Å². The third-order valence-corrected chi connectivity index (χ3v) is 5.29. The molecule has 0 radical (unpaired) electrons. The van der Waals surface area contributed by atoms with Gasteiger partial charge in [-0.1, -0.05) is 19.1 Å². The van der Waals surface area contributed by atoms with Gasteiger partial charge in [-0.15, -0.1) is 0 Å². The standard InChI is InChI=1S/C20H29N3O3/c1-2-15-4-3-5-16(12-15)22-18(24)6-7-19(25)23-17-13-20(26-14-17)8-10-21-11-9-20/h3-5,12,17,21H,2,6-11,13-14H2,1H3,(H,22,24)(H,23,25). The number of hydrogen-bond acceptors (Lipinski definition) is 4. The first-order chi connectivity index (χ1) is 12.6. The fourth-order valence-electron chi connectivity index (χ4n) is 3.79. The molecule has 6 nitrogen and oxygen atoms in total. The van der Waals surface area contributed by atoms with Gasteiger partial charge >= 0.3 is 0 Å². The van der Waals surface area contributed by atoms with Crippen molar-refractivity contribution >= 4 is 17.5 Å². The van der Waals surface area contributed by atoms with Gasteiger partial charge < -0.3 is 20.7 Å². The normalized spacial score (nSPS) is 21.5. The minimum Gasteiger partial charge on any atom is -0.373 e. The Morgan fingerprint density at radius 2 is 2.00 bits per heavy atom. The van der Waals surface area contributed by atoms with E-state index < -0.39 is 0 Å². The lowest BCUT2D eigenvalue weighted by Gasteiger charge is -2.32. The minimum absolute atomic E-state index is 0.0601. The van der Waals surface area contributed by atoms with Crippen LogP contribution in [0.15, 0.2) is 24.3 Å². The Bertz CT molecular complexity index is 641. The van der Waals surface area contributed by atoms with Crippen molar-refractivity contribution in [3.05, 3.63) is 29.8 Å². The average molecular weight is 359 g/mol. The summed E-state index contributed by atoms with van der Waals surface area (Å²) in [5.41, 5.74) is 1.89. The quantitative estimate of drug-likeness (QED) is 0.726. The summed E-state index contributed by atoms with van der Waals surface area (Å²) in [5.74, 6) is -0.215. The molecule has 2 aliphatic heterocycles. The summed E-state index contributed by atoms with van der Waals surface area (Å²) in [6, 6.07) is 7.85. The summed E-state index contributed by atoms with van der Waals surface area (Å²) >= 11 is 0. The maximum absolute atomic E-state index is 12.2. The maximum atomic E-state index is 12.2. The number of nitrogens with one attached hydrogen (secondary N) is 3. The molecule has 2 saturated heterocycles. The molecule has 1 aromatic rings. The SMILES string of the molecule is CCc1cccc(NC(=O)CCC(=O)NC2COC3(CCNCC3)C2)c1. The first-order valence-corrected chi connectivity index (χ1v) is 9.61. The van der Waals surface area contributed by atoms with Crippen LogP contribution in [0, 0.1) is 0 Å². The van der Waals surface area contributed by atoms with Gasteiger partial charge in [0.15, 0.2) is 0 Å². The van der Waals surface area contributed by atoms with Gasteiger partial charge in [-0.3, -0.25) is 9.59 Å². The second kappa shape index (κ2) is 8.64. The van der Waals surface area contributed by atoms with Crippen LogP contribution in [-0.4, -0.2) is 43.2 Å². The van der Waals surface area contributed by atoms with E-state index in [0.717, 1.165) is 44.5 Å². The number of amides is 2. The summed E-state index contributed by atoms with van der Waals surface area (Å²) in [5, 5.41) is 9.22. The molecule has 0 aliphatic carbocycles. The minimum atomic E-state index is -0.133. The molecule has 0 aromatic heterocycles. The van der Waals surface area contributed by atoms with Crippen LogP contribution in [0.1, 0.15) is 44.6 Å². The molecule has 6 heteroatoms. The molecular weight excluding hydrogens is 330 g/mol. The molecule has 3 N–H and O–H groups in total. The maximum Gasteiger partial charge on any atom is 0.224 e. The Morgan fingerprint density at radius 3 is 2.77 bits per heavy atom. The van der Waals surface area contributed by atoms with Crippen LogP contribution >= 0.6 is 0 Å². The van der Waals surface area contributed by atoms with Crippen molar-refractivity contribution in [2.75, 3.05) is 25.0 Å². The number of anilines is 1. The molecule has 3 rings (SSSR count). The second-order valence-electron chi connectivity index (χ2n) is 7.31. The van der Waals surface area contributed by atoms with Crippen molar-refractivity contribution in [3.63, 3.8) is 0 Å². The van der Waals surface area contributed by atoms with E-state index in [1.165, 1.54) is 5.56 Å². The van der Waals surface area contributed by atoms with Crippen molar-refractivity contribution in [2.45, 2.75) is 57.1 Å². The Kier molecular flexibility index (Phi) is 6.27. The van der Waals surface area contributed by atoms with Crippen LogP contribution in [0.3, 0.4) is 0 Å². The van der Waals surface area contributed by atoms with E-state index in [-0.39, 0.29) is 36.3 Å². The van der Waals surface area contributed by atoms with Crippen LogP contribution in [-0.2, 0) is 20.7 Å². The van der Waals surface area contributed by atoms with E-state index in [4.69, 9.17) is 4.74 Å². The van der Waals surface area contributed by atoms with Crippen molar-refractivity contribution in [1.82, 2.24) is 10.6 Å². The highest BCUT2D eigenvalue weighted by atomic mass is 16.5. The zero-order valence-corrected chi connectivity index (χ0v) is 15.5. The number of hydrogen-bond donors (Lipinski definition) is 3. The number of piperidine rings is 1. The molecule has 1 spiro atoms. The lowest BCUT2D eigenvalue weighted by molar-refractivity contribution is -0.124. The van der Waals surface area contributed by atoms with E-state index in [1.807, 2.05) is 24.3 Å². The predicted molar refractivity (Wildman–Crippen MR) is 101 cm³/mol. The third-order valence-electron chi connectivity index (χ3n) is 5.29. The fraction of sp³-hybridized carbons (Fsp3) is 0.600. The van der Waals surface area contributed by atoms with Crippen molar-refractivity contribution < 1.29 is 14.3 Å². The van der Waals surface area contributed by atoms with Crippen LogP contribution < -0.4 is 16.0 Å². The molecule has 1 unspecified atom stereocenters. The molecule has 1 aromatic carbocycles. The predicted octanol–water partition coefficient (Wildman–Crippen LogP) is 1.99. The molecule has 2 amide bonds. The van der Waals surface area contributed by atoms with Gasteiger partial charge in [-0.05, 0) is 56.5 Å². The lowest BCUT2D eigenvalue weighted by Crippen LogP contribution is -2.43. The second-order valence-corrected chi connectivity index (χ2v) is 7.31. The van der Waals surface area contributed by atoms with Crippen LogP contribution in [0.2, 0.25) is 0 Å². The average Bonchev–Trinajstić information content (AvgIpc) is 3.02. The highest BCUT2D eigenvalue weighted by Gasteiger charge is 2.41. The molecular formula is C20H29N3O3. The molecule has 0 saturated carbocycles. The smallest absolute Gasteiger partial charge is 0.224 e. The number of carbonyl (C=O) groups excluding carboxylic acids is 2. The number of aryl methyl sites for hydroxylation is 1. The van der Waals surface area contributed by atoms with Crippen molar-refractivity contribution in [2.24, 2.45) is 0 Å². The van der Waals surface area contributed by atoms with E-state index in [9.17, 15) is 9.59 Å². The van der Waals surface area contributed by atoms with Crippen LogP contribution in [0.5, 0.6) is 0 Å². The monoisotopic (exact) mass is 359 g/mol. The molecule has 1 atom stereocenters. The summed E-state index contributed by atoms with van der Waals surface area (Å²) in [6.45, 7) is 4.59. The Balaban J connectivity index is 1.39. The highest BCUT2D eigenvalue weighted by molar-refractivity contribution is 5.93. The molecule has 0 bridgehead atoms. The van der Waals surface area contributed by atoms with Gasteiger partial charge in [-0.25, -0.2) is 0 Å². The summed E-state index contributed by atoms with van der Waals surface area (Å²) in [7, 11) is 0. The summed E-state index contributed by atoms with van der Waals surface area (Å²) in [6.07, 6.45) is 4.18. The zero-order valence-electron chi connectivity index (χ0n) is 15.5. The first kappa shape index (κ1) is 18.9. The molecule has 26 heavy (non-hydrogen) atoms. The Morgan fingerprint density at radius 1 is 1.23 bits per heavy atom. The summed E-state index contributed by atoms with van der Waals surface area (Å²) in [4.78, 5) is 24.2. The Hall–Kier alpha value is -1.92. The zero-order chi connectivity index (χ0) is 18.4. The van der Waals surface area contributed by atoms with Crippen molar-refractivity contribution in [3.8, 4) is 0 Å². The Labute approximate surface area is 155 Å². The molecule has 2 aliphatic rings. The van der Waals surface area contributed by atoms with Gasteiger partial charge in [0.2, 0.25) is 11.8 Å². The first-order valence-electron chi connectivity index (χ1n) is 9.61. The molecule has 2 fully saturated rings. The number of benzene rings is 1. The van der Waals surface area contributed by atoms with Gasteiger partial charge in [0.05, 0.1) is 18.2 Å². The number of ether oxygens (including phenoxy) is 1. The topological polar surface area (TPSA) is 79.5 Å². The van der Waals surface area contributed by atoms with Gasteiger partial charge in [0, 0.05) is 18.5 Å². The van der Waals surface area contributed by atoms with Crippen LogP contribution in [0.4, 0.5) is 5.69 Å². The molecule has 2 heterocycles. The highest BCUT2D eigenvalue weighted by Crippen LogP contribution is 2.33. The van der Waals surface area contributed by atoms with E-state index >= 15 is 0 Å². The fourth-order valence-corrected chi connectivity index (χ4v) is 3.79.